The zero-order valence-electron chi connectivity index (χ0n) is 11.3. The van der Waals surface area contributed by atoms with Gasteiger partial charge in [-0.15, -0.1) is 11.3 Å². The van der Waals surface area contributed by atoms with Gasteiger partial charge in [0.05, 0.1) is 0 Å². The summed E-state index contributed by atoms with van der Waals surface area (Å²) in [6.07, 6.45) is -4.90. The molecule has 8 heteroatoms. The number of likely N-dealkylation sites (tertiary alicyclic amines) is 1. The Bertz CT molecular complexity index is 468. The summed E-state index contributed by atoms with van der Waals surface area (Å²) in [7, 11) is 0. The smallest absolute Gasteiger partial charge is 0.380 e. The number of carbonyl (C=O) groups excluding carboxylic acids is 1. The second kappa shape index (κ2) is 6.23. The maximum Gasteiger partial charge on any atom is 0.417 e. The molecule has 2 heterocycles. The van der Waals surface area contributed by atoms with E-state index in [0.29, 0.717) is 13.0 Å². The number of hydrogen-bond acceptors (Lipinski definition) is 3. The Kier molecular flexibility index (Phi) is 4.77. The second-order valence-corrected chi connectivity index (χ2v) is 6.11. The largest absolute Gasteiger partial charge is 0.417 e. The van der Waals surface area contributed by atoms with E-state index in [9.17, 15) is 23.1 Å². The minimum atomic E-state index is -4.64. The monoisotopic (exact) mass is 322 g/mol. The number of nitrogens with zero attached hydrogens (tertiary/aromatic N) is 1. The fraction of sp³-hybridized carbons (Fsp3) is 0.615. The van der Waals surface area contributed by atoms with Gasteiger partial charge in [-0.2, -0.15) is 13.2 Å². The van der Waals surface area contributed by atoms with E-state index in [1.807, 2.05) is 17.5 Å². The summed E-state index contributed by atoms with van der Waals surface area (Å²) < 4.78 is 37.9. The minimum Gasteiger partial charge on any atom is -0.380 e. The molecule has 1 aliphatic rings. The topological polar surface area (TPSA) is 52.6 Å². The van der Waals surface area contributed by atoms with Crippen molar-refractivity contribution in [2.45, 2.75) is 31.0 Å². The van der Waals surface area contributed by atoms with Gasteiger partial charge in [0.1, 0.15) is 0 Å². The summed E-state index contributed by atoms with van der Waals surface area (Å²) in [5.41, 5.74) is -2.67. The van der Waals surface area contributed by atoms with Gasteiger partial charge in [-0.1, -0.05) is 6.07 Å². The minimum absolute atomic E-state index is 0.0964. The van der Waals surface area contributed by atoms with E-state index >= 15 is 0 Å². The van der Waals surface area contributed by atoms with Crippen LogP contribution in [-0.2, 0) is 6.42 Å². The van der Waals surface area contributed by atoms with Crippen molar-refractivity contribution in [3.05, 3.63) is 22.4 Å². The first-order valence-corrected chi connectivity index (χ1v) is 7.54. The molecule has 1 aliphatic heterocycles. The SMILES string of the molecule is O=C(NCCc1cccs1)N1CCC(O)(C(F)(F)F)CC1. The Morgan fingerprint density at radius 1 is 1.43 bits per heavy atom. The Balaban J connectivity index is 1.75. The molecule has 0 unspecified atom stereocenters. The van der Waals surface area contributed by atoms with Crippen LogP contribution in [0.4, 0.5) is 18.0 Å². The Labute approximate surface area is 124 Å². The van der Waals surface area contributed by atoms with E-state index in [-0.39, 0.29) is 19.1 Å². The van der Waals surface area contributed by atoms with Crippen molar-refractivity contribution in [3.8, 4) is 0 Å². The van der Waals surface area contributed by atoms with Crippen LogP contribution in [0.15, 0.2) is 17.5 Å². The lowest BCUT2D eigenvalue weighted by molar-refractivity contribution is -0.271. The quantitative estimate of drug-likeness (QED) is 0.898. The van der Waals surface area contributed by atoms with Crippen LogP contribution in [0.2, 0.25) is 0 Å². The summed E-state index contributed by atoms with van der Waals surface area (Å²) >= 11 is 1.59. The molecule has 1 aromatic rings. The third-order valence-corrected chi connectivity index (χ3v) is 4.57. The van der Waals surface area contributed by atoms with Crippen molar-refractivity contribution in [3.63, 3.8) is 0 Å². The molecule has 118 valence electrons. The van der Waals surface area contributed by atoms with Crippen molar-refractivity contribution < 1.29 is 23.1 Å². The van der Waals surface area contributed by atoms with Crippen LogP contribution in [-0.4, -0.2) is 47.4 Å². The van der Waals surface area contributed by atoms with Crippen molar-refractivity contribution in [1.29, 1.82) is 0 Å². The van der Waals surface area contributed by atoms with Crippen LogP contribution < -0.4 is 5.32 Å². The fourth-order valence-electron chi connectivity index (χ4n) is 2.22. The molecule has 4 nitrogen and oxygen atoms in total. The van der Waals surface area contributed by atoms with Gasteiger partial charge >= 0.3 is 12.2 Å². The van der Waals surface area contributed by atoms with E-state index in [1.165, 1.54) is 4.90 Å². The third-order valence-electron chi connectivity index (χ3n) is 3.63. The number of aliphatic hydroxyl groups is 1. The summed E-state index contributed by atoms with van der Waals surface area (Å²) in [6, 6.07) is 3.50. The highest BCUT2D eigenvalue weighted by Gasteiger charge is 2.54. The number of nitrogens with one attached hydrogen (secondary N) is 1. The maximum absolute atomic E-state index is 12.6. The molecule has 0 aliphatic carbocycles. The number of thiophene rings is 1. The molecule has 0 saturated carbocycles. The number of rotatable bonds is 3. The predicted octanol–water partition coefficient (Wildman–Crippen LogP) is 2.39. The van der Waals surface area contributed by atoms with Crippen LogP contribution >= 0.6 is 11.3 Å². The number of amides is 2. The first-order valence-electron chi connectivity index (χ1n) is 6.66. The van der Waals surface area contributed by atoms with Crippen LogP contribution in [0.1, 0.15) is 17.7 Å². The number of carbonyl (C=O) groups is 1. The third kappa shape index (κ3) is 3.88. The molecular weight excluding hydrogens is 305 g/mol. The lowest BCUT2D eigenvalue weighted by Gasteiger charge is -2.39. The van der Waals surface area contributed by atoms with Gasteiger partial charge in [-0.25, -0.2) is 4.79 Å². The number of hydrogen-bond donors (Lipinski definition) is 2. The number of urea groups is 1. The van der Waals surface area contributed by atoms with Gasteiger partial charge in [0, 0.05) is 37.4 Å². The molecule has 2 amide bonds. The predicted molar refractivity (Wildman–Crippen MR) is 73.2 cm³/mol. The summed E-state index contributed by atoms with van der Waals surface area (Å²) in [5, 5.41) is 14.2. The molecule has 0 radical (unpaired) electrons. The van der Waals surface area contributed by atoms with E-state index < -0.39 is 24.6 Å². The lowest BCUT2D eigenvalue weighted by Crippen LogP contribution is -2.55. The van der Waals surface area contributed by atoms with Gasteiger partial charge in [-0.05, 0) is 17.9 Å². The average Bonchev–Trinajstić information content (AvgIpc) is 2.91. The van der Waals surface area contributed by atoms with Gasteiger partial charge in [-0.3, -0.25) is 0 Å². The van der Waals surface area contributed by atoms with Crippen LogP contribution in [0, 0.1) is 0 Å². The molecule has 1 fully saturated rings. The first kappa shape index (κ1) is 16.1. The van der Waals surface area contributed by atoms with Crippen LogP contribution in [0.25, 0.3) is 0 Å². The zero-order chi connectivity index (χ0) is 15.5. The molecule has 0 spiro atoms. The fourth-order valence-corrected chi connectivity index (χ4v) is 2.93. The molecule has 1 saturated heterocycles. The standard InChI is InChI=1S/C13H17F3N2O2S/c14-13(15,16)12(20)4-7-18(8-5-12)11(19)17-6-3-10-2-1-9-21-10/h1-2,9,20H,3-8H2,(H,17,19). The van der Waals surface area contributed by atoms with Gasteiger partial charge in [0.15, 0.2) is 5.60 Å². The van der Waals surface area contributed by atoms with Gasteiger partial charge < -0.3 is 15.3 Å². The second-order valence-electron chi connectivity index (χ2n) is 5.08. The highest BCUT2D eigenvalue weighted by atomic mass is 32.1. The van der Waals surface area contributed by atoms with Crippen molar-refractivity contribution in [2.75, 3.05) is 19.6 Å². The van der Waals surface area contributed by atoms with E-state index in [1.54, 1.807) is 11.3 Å². The number of halogens is 3. The van der Waals surface area contributed by atoms with Crippen molar-refractivity contribution in [2.24, 2.45) is 0 Å². The van der Waals surface area contributed by atoms with E-state index in [0.717, 1.165) is 4.88 Å². The summed E-state index contributed by atoms with van der Waals surface area (Å²) in [6.45, 7) is 0.251. The molecule has 21 heavy (non-hydrogen) atoms. The molecule has 2 N–H and O–H groups in total. The molecule has 2 rings (SSSR count). The number of alkyl halides is 3. The highest BCUT2D eigenvalue weighted by Crippen LogP contribution is 2.38. The normalized spacial score (nSPS) is 18.6. The average molecular weight is 322 g/mol. The molecule has 0 atom stereocenters. The van der Waals surface area contributed by atoms with Crippen molar-refractivity contribution >= 4 is 17.4 Å². The molecular formula is C13H17F3N2O2S. The first-order chi connectivity index (χ1) is 9.82. The zero-order valence-corrected chi connectivity index (χ0v) is 12.1. The van der Waals surface area contributed by atoms with Crippen molar-refractivity contribution in [1.82, 2.24) is 10.2 Å². The van der Waals surface area contributed by atoms with Crippen LogP contribution in [0.3, 0.4) is 0 Å². The Morgan fingerprint density at radius 2 is 2.10 bits per heavy atom. The highest BCUT2D eigenvalue weighted by molar-refractivity contribution is 7.09. The summed E-state index contributed by atoms with van der Waals surface area (Å²) in [4.78, 5) is 14.3. The van der Waals surface area contributed by atoms with E-state index in [2.05, 4.69) is 5.32 Å². The Hall–Kier alpha value is -1.28. The van der Waals surface area contributed by atoms with E-state index in [4.69, 9.17) is 0 Å². The van der Waals surface area contributed by atoms with Gasteiger partial charge in [0.2, 0.25) is 0 Å². The van der Waals surface area contributed by atoms with Crippen LogP contribution in [0.5, 0.6) is 0 Å². The lowest BCUT2D eigenvalue weighted by atomic mass is 9.91. The molecule has 0 aromatic carbocycles. The Morgan fingerprint density at radius 3 is 2.62 bits per heavy atom. The maximum atomic E-state index is 12.6. The van der Waals surface area contributed by atoms with Gasteiger partial charge in [0.25, 0.3) is 0 Å². The molecule has 0 bridgehead atoms. The molecule has 1 aromatic heterocycles. The summed E-state index contributed by atoms with van der Waals surface area (Å²) in [5.74, 6) is 0. The number of piperidine rings is 1.